The number of nitro benzene ring substituents is 1. The van der Waals surface area contributed by atoms with Gasteiger partial charge in [0.15, 0.2) is 5.11 Å². The van der Waals surface area contributed by atoms with Crippen LogP contribution in [0.2, 0.25) is 0 Å². The summed E-state index contributed by atoms with van der Waals surface area (Å²) in [5.74, 6) is 0.796. The molecule has 2 atom stereocenters. The Morgan fingerprint density at radius 3 is 2.63 bits per heavy atom. The first kappa shape index (κ1) is 25.1. The van der Waals surface area contributed by atoms with Crippen molar-refractivity contribution in [3.05, 3.63) is 112 Å². The first-order chi connectivity index (χ1) is 18.4. The second kappa shape index (κ2) is 10.8. The summed E-state index contributed by atoms with van der Waals surface area (Å²) in [7, 11) is 0. The molecule has 2 aromatic carbocycles. The zero-order chi connectivity index (χ0) is 26.6. The van der Waals surface area contributed by atoms with Crippen molar-refractivity contribution < 1.29 is 14.1 Å². The van der Waals surface area contributed by atoms with Crippen LogP contribution in [0.15, 0.2) is 89.5 Å². The van der Waals surface area contributed by atoms with E-state index in [0.29, 0.717) is 28.7 Å². The summed E-state index contributed by atoms with van der Waals surface area (Å²) in [4.78, 5) is 30.4. The Hall–Kier alpha value is -4.57. The lowest BCUT2D eigenvalue weighted by Gasteiger charge is -2.26. The fourth-order valence-electron chi connectivity index (χ4n) is 4.60. The number of amides is 1. The van der Waals surface area contributed by atoms with Gasteiger partial charge >= 0.3 is 0 Å². The number of pyridine rings is 1. The highest BCUT2D eigenvalue weighted by Gasteiger charge is 2.41. The molecule has 5 rings (SSSR count). The number of hydrogen-bond donors (Lipinski definition) is 2. The highest BCUT2D eigenvalue weighted by atomic mass is 32.1. The molecule has 38 heavy (non-hydrogen) atoms. The molecule has 0 spiro atoms. The lowest BCUT2D eigenvalue weighted by Crippen LogP contribution is -2.32. The van der Waals surface area contributed by atoms with E-state index in [0.717, 1.165) is 16.9 Å². The molecule has 1 saturated heterocycles. The molecule has 4 aromatic rings. The summed E-state index contributed by atoms with van der Waals surface area (Å²) in [6, 6.07) is 22.4. The van der Waals surface area contributed by atoms with Crippen LogP contribution in [-0.4, -0.2) is 32.4 Å². The average Bonchev–Trinajstić information content (AvgIpc) is 3.53. The number of nitrogens with zero attached hydrogens (tertiary/aromatic N) is 3. The third-order valence-electron chi connectivity index (χ3n) is 6.48. The van der Waals surface area contributed by atoms with E-state index in [1.807, 2.05) is 54.3 Å². The number of rotatable bonds is 8. The summed E-state index contributed by atoms with van der Waals surface area (Å²) in [6.07, 6.45) is 1.90. The predicted molar refractivity (Wildman–Crippen MR) is 147 cm³/mol. The van der Waals surface area contributed by atoms with Gasteiger partial charge in [-0.05, 0) is 61.1 Å². The van der Waals surface area contributed by atoms with E-state index in [2.05, 4.69) is 15.6 Å². The molecule has 0 radical (unpaired) electrons. The van der Waals surface area contributed by atoms with Crippen LogP contribution in [-0.2, 0) is 4.79 Å². The maximum absolute atomic E-state index is 12.8. The molecule has 1 aliphatic heterocycles. The molecule has 1 fully saturated rings. The van der Waals surface area contributed by atoms with E-state index in [-0.39, 0.29) is 24.1 Å². The third-order valence-corrected chi connectivity index (χ3v) is 6.83. The quantitative estimate of drug-likeness (QED) is 0.174. The topological polar surface area (TPSA) is 114 Å². The molecule has 0 aliphatic carbocycles. The second-order valence-corrected chi connectivity index (χ2v) is 9.30. The van der Waals surface area contributed by atoms with Crippen LogP contribution in [0.5, 0.6) is 0 Å². The second-order valence-electron chi connectivity index (χ2n) is 8.91. The van der Waals surface area contributed by atoms with Crippen molar-refractivity contribution in [1.29, 1.82) is 0 Å². The largest absolute Gasteiger partial charge is 0.459 e. The molecule has 0 bridgehead atoms. The highest BCUT2D eigenvalue weighted by molar-refractivity contribution is 7.80. The molecule has 0 unspecified atom stereocenters. The number of para-hydroxylation sites is 2. The number of aryl methyl sites for hydroxylation is 1. The average molecular weight is 528 g/mol. The van der Waals surface area contributed by atoms with Gasteiger partial charge in [-0.3, -0.25) is 19.9 Å². The van der Waals surface area contributed by atoms with Crippen molar-refractivity contribution in [1.82, 2.24) is 15.2 Å². The van der Waals surface area contributed by atoms with Crippen molar-refractivity contribution in [3.8, 4) is 11.3 Å². The van der Waals surface area contributed by atoms with E-state index in [1.165, 1.54) is 6.07 Å². The minimum Gasteiger partial charge on any atom is -0.459 e. The highest BCUT2D eigenvalue weighted by Crippen LogP contribution is 2.41. The fraction of sp³-hybridized carbons (Fsp3) is 0.179. The maximum atomic E-state index is 12.8. The maximum Gasteiger partial charge on any atom is 0.280 e. The van der Waals surface area contributed by atoms with Crippen LogP contribution < -0.4 is 10.6 Å². The van der Waals surface area contributed by atoms with Crippen molar-refractivity contribution in [2.75, 3.05) is 11.9 Å². The summed E-state index contributed by atoms with van der Waals surface area (Å²) >= 11 is 5.68. The lowest BCUT2D eigenvalue weighted by atomic mass is 10.0. The van der Waals surface area contributed by atoms with Gasteiger partial charge in [0.05, 0.1) is 22.2 Å². The van der Waals surface area contributed by atoms with Crippen LogP contribution in [0.3, 0.4) is 0 Å². The molecule has 10 heteroatoms. The summed E-state index contributed by atoms with van der Waals surface area (Å²) in [5.41, 5.74) is 2.85. The van der Waals surface area contributed by atoms with E-state index in [4.69, 9.17) is 16.6 Å². The standard InChI is InChI=1S/C28H25N5O4S/c1-18-8-2-4-10-20(18)30-25(34)15-17-32-27(26(31-28(32)38)21-11-6-7-16-29-21)24-14-13-23(37-24)19-9-3-5-12-22(19)33(35)36/h2-14,16,26-27H,15,17H2,1H3,(H,30,34)(H,31,38)/t26-,27-/m0/s1. The summed E-state index contributed by atoms with van der Waals surface area (Å²) < 4.78 is 6.22. The Balaban J connectivity index is 1.43. The number of nitrogens with one attached hydrogen (secondary N) is 2. The number of thiocarbonyl (C=S) groups is 1. The smallest absolute Gasteiger partial charge is 0.280 e. The molecule has 9 nitrogen and oxygen atoms in total. The van der Waals surface area contributed by atoms with E-state index >= 15 is 0 Å². The number of carbonyl (C=O) groups is 1. The van der Waals surface area contributed by atoms with Gasteiger partial charge in [0.25, 0.3) is 5.69 Å². The van der Waals surface area contributed by atoms with Gasteiger partial charge < -0.3 is 20.0 Å². The van der Waals surface area contributed by atoms with Crippen LogP contribution in [0.1, 0.15) is 35.5 Å². The van der Waals surface area contributed by atoms with Gasteiger partial charge in [0.1, 0.15) is 17.6 Å². The lowest BCUT2D eigenvalue weighted by molar-refractivity contribution is -0.384. The first-order valence-electron chi connectivity index (χ1n) is 12.1. The van der Waals surface area contributed by atoms with Gasteiger partial charge in [-0.1, -0.05) is 36.4 Å². The molecule has 192 valence electrons. The van der Waals surface area contributed by atoms with Gasteiger partial charge in [0, 0.05) is 30.9 Å². The Bertz CT molecular complexity index is 1490. The van der Waals surface area contributed by atoms with Crippen molar-refractivity contribution in [3.63, 3.8) is 0 Å². The Kier molecular flexibility index (Phi) is 7.14. The Labute approximate surface area is 224 Å². The zero-order valence-corrected chi connectivity index (χ0v) is 21.4. The zero-order valence-electron chi connectivity index (χ0n) is 20.5. The molecular formula is C28H25N5O4S. The van der Waals surface area contributed by atoms with Crippen molar-refractivity contribution in [2.45, 2.75) is 25.4 Å². The molecule has 2 aromatic heterocycles. The van der Waals surface area contributed by atoms with Gasteiger partial charge in [-0.25, -0.2) is 0 Å². The van der Waals surface area contributed by atoms with Gasteiger partial charge in [0.2, 0.25) is 5.91 Å². The number of hydrogen-bond acceptors (Lipinski definition) is 6. The Morgan fingerprint density at radius 1 is 1.11 bits per heavy atom. The number of carbonyl (C=O) groups excluding carboxylic acids is 1. The monoisotopic (exact) mass is 527 g/mol. The molecule has 1 aliphatic rings. The van der Waals surface area contributed by atoms with Crippen molar-refractivity contribution >= 4 is 34.6 Å². The first-order valence-corrected chi connectivity index (χ1v) is 12.5. The molecule has 0 saturated carbocycles. The SMILES string of the molecule is Cc1ccccc1NC(=O)CCN1C(=S)N[C@@H](c2ccccn2)[C@@H]1c1ccc(-c2ccccc2[N+](=O)[O-])o1. The summed E-state index contributed by atoms with van der Waals surface area (Å²) in [5, 5.41) is 18.3. The molecule has 1 amide bonds. The number of anilines is 1. The minimum absolute atomic E-state index is 0.0422. The normalized spacial score (nSPS) is 16.8. The molecule has 3 heterocycles. The van der Waals surface area contributed by atoms with Crippen LogP contribution >= 0.6 is 12.2 Å². The van der Waals surface area contributed by atoms with Crippen LogP contribution in [0.25, 0.3) is 11.3 Å². The van der Waals surface area contributed by atoms with E-state index in [1.54, 1.807) is 36.5 Å². The van der Waals surface area contributed by atoms with Gasteiger partial charge in [-0.2, -0.15) is 0 Å². The van der Waals surface area contributed by atoms with E-state index in [9.17, 15) is 14.9 Å². The number of furan rings is 1. The molecule has 2 N–H and O–H groups in total. The van der Waals surface area contributed by atoms with Gasteiger partial charge in [-0.15, -0.1) is 0 Å². The van der Waals surface area contributed by atoms with Crippen molar-refractivity contribution in [2.24, 2.45) is 0 Å². The Morgan fingerprint density at radius 2 is 1.87 bits per heavy atom. The van der Waals surface area contributed by atoms with E-state index < -0.39 is 11.0 Å². The predicted octanol–water partition coefficient (Wildman–Crippen LogP) is 5.56. The number of benzene rings is 2. The number of aromatic nitrogens is 1. The van der Waals surface area contributed by atoms with Crippen LogP contribution in [0, 0.1) is 17.0 Å². The summed E-state index contributed by atoms with van der Waals surface area (Å²) in [6.45, 7) is 2.27. The number of nitro groups is 1. The fourth-order valence-corrected chi connectivity index (χ4v) is 4.93. The van der Waals surface area contributed by atoms with Crippen LogP contribution in [0.4, 0.5) is 11.4 Å². The third kappa shape index (κ3) is 5.12. The molecular weight excluding hydrogens is 502 g/mol. The minimum atomic E-state index is -0.431.